The lowest BCUT2D eigenvalue weighted by Gasteiger charge is -2.16. The van der Waals surface area contributed by atoms with Gasteiger partial charge in [-0.15, -0.1) is 25.3 Å². The van der Waals surface area contributed by atoms with Crippen molar-refractivity contribution in [3.63, 3.8) is 0 Å². The Morgan fingerprint density at radius 3 is 1.95 bits per heavy atom. The molecule has 0 aliphatic heterocycles. The van der Waals surface area contributed by atoms with Crippen LogP contribution in [0.2, 0.25) is 0 Å². The summed E-state index contributed by atoms with van der Waals surface area (Å²) in [6.45, 7) is 6.10. The minimum Gasteiger partial charge on any atom is -0.478 e. The molecule has 0 aromatic carbocycles. The number of aliphatic carboxylic acids is 1. The molecule has 3 atom stereocenters. The van der Waals surface area contributed by atoms with Gasteiger partial charge in [0.05, 0.1) is 38.1 Å². The van der Waals surface area contributed by atoms with Gasteiger partial charge in [0.1, 0.15) is 0 Å². The van der Waals surface area contributed by atoms with E-state index in [-0.39, 0.29) is 23.1 Å². The van der Waals surface area contributed by atoms with Crippen molar-refractivity contribution in [3.8, 4) is 0 Å². The molecule has 0 aromatic rings. The molecular weight excluding hydrogens is 304 g/mol. The van der Waals surface area contributed by atoms with Gasteiger partial charge in [-0.3, -0.25) is 0 Å². The van der Waals surface area contributed by atoms with Gasteiger partial charge in [-0.1, -0.05) is 0 Å². The van der Waals surface area contributed by atoms with Crippen molar-refractivity contribution >= 4 is 31.2 Å². The van der Waals surface area contributed by atoms with Crippen LogP contribution < -0.4 is 0 Å². The molecule has 6 nitrogen and oxygen atoms in total. The van der Waals surface area contributed by atoms with E-state index >= 15 is 0 Å². The van der Waals surface area contributed by atoms with Crippen LogP contribution in [0.1, 0.15) is 20.8 Å². The minimum absolute atomic E-state index is 0.0170. The summed E-state index contributed by atoms with van der Waals surface area (Å²) in [6, 6.07) is 0. The summed E-state index contributed by atoms with van der Waals surface area (Å²) in [4.78, 5) is 9.64. The summed E-state index contributed by atoms with van der Waals surface area (Å²) in [5.74, 6) is -1.03. The van der Waals surface area contributed by atoms with E-state index in [0.29, 0.717) is 13.2 Å². The van der Waals surface area contributed by atoms with Gasteiger partial charge in [0.15, 0.2) is 0 Å². The Kier molecular flexibility index (Phi) is 15.1. The summed E-state index contributed by atoms with van der Waals surface area (Å²) >= 11 is 7.16. The summed E-state index contributed by atoms with van der Waals surface area (Å²) in [6.07, 6.45) is 0.241. The number of thiol groups is 2. The Morgan fingerprint density at radius 2 is 1.65 bits per heavy atom. The third-order valence-electron chi connectivity index (χ3n) is 1.75. The fourth-order valence-corrected chi connectivity index (χ4v) is 1.04. The molecule has 120 valence electrons. The van der Waals surface area contributed by atoms with Gasteiger partial charge in [-0.25, -0.2) is 4.79 Å². The lowest BCUT2D eigenvalue weighted by molar-refractivity contribution is -0.131. The molecule has 0 aliphatic rings. The molecule has 0 spiro atoms. The predicted molar refractivity (Wildman–Crippen MR) is 83.3 cm³/mol. The second kappa shape index (κ2) is 13.7. The molecule has 8 heteroatoms. The van der Waals surface area contributed by atoms with Crippen molar-refractivity contribution < 1.29 is 29.6 Å². The third-order valence-corrected chi connectivity index (χ3v) is 2.01. The third kappa shape index (κ3) is 20.1. The van der Waals surface area contributed by atoms with Crippen LogP contribution in [0, 0.1) is 0 Å². The average Bonchev–Trinajstić information content (AvgIpc) is 2.32. The quantitative estimate of drug-likeness (QED) is 0.336. The van der Waals surface area contributed by atoms with Crippen LogP contribution in [0.15, 0.2) is 10.3 Å². The molecule has 3 unspecified atom stereocenters. The molecule has 0 heterocycles. The highest BCUT2D eigenvalue weighted by Crippen LogP contribution is 2.02. The van der Waals surface area contributed by atoms with Gasteiger partial charge in [0.2, 0.25) is 0 Å². The van der Waals surface area contributed by atoms with Gasteiger partial charge in [-0.05, 0) is 20.8 Å². The maximum atomic E-state index is 9.64. The summed E-state index contributed by atoms with van der Waals surface area (Å²) in [7, 11) is 0. The second-order valence-electron chi connectivity index (χ2n) is 4.16. The van der Waals surface area contributed by atoms with Crippen molar-refractivity contribution in [1.82, 2.24) is 0 Å². The molecule has 0 bridgehead atoms. The highest BCUT2D eigenvalue weighted by Gasteiger charge is 2.06. The standard InChI is InChI=1S/C9H20O4.C3H4O2S2/c1-7(11)5-12-9(3)6-13-8(2)4-10;4-2(5)1-3(6)7/h7-11H,4-6H2,1-3H3;1,6-7H,(H,4,5). The lowest BCUT2D eigenvalue weighted by Crippen LogP contribution is -2.24. The monoisotopic (exact) mass is 328 g/mol. The number of carboxylic acids is 1. The lowest BCUT2D eigenvalue weighted by atomic mass is 10.4. The van der Waals surface area contributed by atoms with Crippen molar-refractivity contribution in [2.24, 2.45) is 0 Å². The zero-order valence-corrected chi connectivity index (χ0v) is 13.7. The molecule has 0 radical (unpaired) electrons. The fraction of sp³-hybridized carbons (Fsp3) is 0.750. The van der Waals surface area contributed by atoms with Gasteiger partial charge in [0.25, 0.3) is 0 Å². The molecule has 0 rings (SSSR count). The second-order valence-corrected chi connectivity index (χ2v) is 5.48. The maximum absolute atomic E-state index is 9.64. The van der Waals surface area contributed by atoms with Gasteiger partial charge in [0, 0.05) is 10.3 Å². The number of carbonyl (C=O) groups is 1. The van der Waals surface area contributed by atoms with Gasteiger partial charge >= 0.3 is 5.97 Å². The summed E-state index contributed by atoms with van der Waals surface area (Å²) in [5, 5.41) is 25.5. The zero-order chi connectivity index (χ0) is 16.1. The first kappa shape index (κ1) is 22.0. The van der Waals surface area contributed by atoms with E-state index in [4.69, 9.17) is 24.8 Å². The van der Waals surface area contributed by atoms with Crippen molar-refractivity contribution in [3.05, 3.63) is 10.3 Å². The average molecular weight is 328 g/mol. The Labute approximate surface area is 130 Å². The van der Waals surface area contributed by atoms with Crippen molar-refractivity contribution in [1.29, 1.82) is 0 Å². The van der Waals surface area contributed by atoms with Crippen LogP contribution in [-0.4, -0.2) is 59.4 Å². The molecule has 20 heavy (non-hydrogen) atoms. The largest absolute Gasteiger partial charge is 0.478 e. The first-order chi connectivity index (χ1) is 9.18. The first-order valence-electron chi connectivity index (χ1n) is 6.03. The normalized spacial score (nSPS) is 14.6. The Bertz CT molecular complexity index is 279. The van der Waals surface area contributed by atoms with E-state index in [1.165, 1.54) is 0 Å². The predicted octanol–water partition coefficient (Wildman–Crippen LogP) is 0.942. The highest BCUT2D eigenvalue weighted by atomic mass is 32.2. The number of hydrogen-bond acceptors (Lipinski definition) is 7. The maximum Gasteiger partial charge on any atom is 0.329 e. The number of hydrogen-bond donors (Lipinski definition) is 5. The topological polar surface area (TPSA) is 96.2 Å². The minimum atomic E-state index is -1.03. The zero-order valence-electron chi connectivity index (χ0n) is 11.9. The molecule has 0 amide bonds. The van der Waals surface area contributed by atoms with Gasteiger partial charge in [-0.2, -0.15) is 0 Å². The van der Waals surface area contributed by atoms with Crippen LogP contribution in [0.25, 0.3) is 0 Å². The van der Waals surface area contributed by atoms with Crippen LogP contribution in [0.3, 0.4) is 0 Å². The van der Waals surface area contributed by atoms with Crippen LogP contribution in [0.5, 0.6) is 0 Å². The van der Waals surface area contributed by atoms with Crippen molar-refractivity contribution in [2.45, 2.75) is 39.1 Å². The van der Waals surface area contributed by atoms with E-state index in [0.717, 1.165) is 6.08 Å². The molecular formula is C12H24O6S2. The van der Waals surface area contributed by atoms with Crippen LogP contribution in [-0.2, 0) is 14.3 Å². The molecule has 3 N–H and O–H groups in total. The van der Waals surface area contributed by atoms with E-state index < -0.39 is 12.1 Å². The summed E-state index contributed by atoms with van der Waals surface area (Å²) in [5.41, 5.74) is 0. The summed E-state index contributed by atoms with van der Waals surface area (Å²) < 4.78 is 10.7. The number of aliphatic hydroxyl groups excluding tert-OH is 2. The number of rotatable bonds is 8. The van der Waals surface area contributed by atoms with Gasteiger partial charge < -0.3 is 24.8 Å². The first-order valence-corrected chi connectivity index (χ1v) is 6.93. The Balaban J connectivity index is 0. The number of aliphatic hydroxyl groups is 2. The Morgan fingerprint density at radius 1 is 1.15 bits per heavy atom. The van der Waals surface area contributed by atoms with E-state index in [1.807, 2.05) is 6.92 Å². The molecule has 0 saturated carbocycles. The molecule has 0 aromatic heterocycles. The van der Waals surface area contributed by atoms with E-state index in [2.05, 4.69) is 25.3 Å². The smallest absolute Gasteiger partial charge is 0.329 e. The van der Waals surface area contributed by atoms with Crippen LogP contribution >= 0.6 is 25.3 Å². The Hall–Kier alpha value is -0.250. The SMILES string of the molecule is CC(O)COC(C)COC(C)CO.O=C(O)C=C(S)S. The molecule has 0 fully saturated rings. The molecule has 0 aliphatic carbocycles. The van der Waals surface area contributed by atoms with Crippen molar-refractivity contribution in [2.75, 3.05) is 19.8 Å². The van der Waals surface area contributed by atoms with E-state index in [9.17, 15) is 4.79 Å². The van der Waals surface area contributed by atoms with Crippen LogP contribution in [0.4, 0.5) is 0 Å². The van der Waals surface area contributed by atoms with E-state index in [1.54, 1.807) is 13.8 Å². The highest BCUT2D eigenvalue weighted by molar-refractivity contribution is 8.05. The number of carboxylic acid groups (broad SMARTS) is 1. The number of ether oxygens (including phenoxy) is 2. The fourth-order valence-electron chi connectivity index (χ4n) is 0.815. The molecule has 0 saturated heterocycles.